The van der Waals surface area contributed by atoms with E-state index in [-0.39, 0.29) is 5.91 Å². The Bertz CT molecular complexity index is 1270. The van der Waals surface area contributed by atoms with Crippen LogP contribution >= 0.6 is 0 Å². The number of unbranched alkanes of at least 4 members (excludes halogenated alkanes) is 2. The highest BCUT2D eigenvalue weighted by atomic mass is 16.1. The van der Waals surface area contributed by atoms with Gasteiger partial charge in [0.1, 0.15) is 5.82 Å². The average molecular weight is 454 g/mol. The summed E-state index contributed by atoms with van der Waals surface area (Å²) in [6, 6.07) is 23.2. The highest BCUT2D eigenvalue weighted by Gasteiger charge is 2.12. The van der Waals surface area contributed by atoms with E-state index in [0.717, 1.165) is 55.7 Å². The molecule has 1 amide bonds. The molecule has 0 aliphatic carbocycles. The Hall–Kier alpha value is -3.40. The first kappa shape index (κ1) is 23.7. The fourth-order valence-electron chi connectivity index (χ4n) is 4.49. The summed E-state index contributed by atoms with van der Waals surface area (Å²) in [4.78, 5) is 17.2. The van der Waals surface area contributed by atoms with Crippen molar-refractivity contribution < 1.29 is 4.79 Å². The van der Waals surface area contributed by atoms with E-state index in [4.69, 9.17) is 4.98 Å². The number of carbonyl (C=O) groups excluding carboxylic acids is 1. The lowest BCUT2D eigenvalue weighted by Gasteiger charge is -2.13. The van der Waals surface area contributed by atoms with Crippen molar-refractivity contribution >= 4 is 16.9 Å². The quantitative estimate of drug-likeness (QED) is 0.296. The number of hydrogen-bond donors (Lipinski definition) is 1. The van der Waals surface area contributed by atoms with Gasteiger partial charge in [-0.15, -0.1) is 0 Å². The van der Waals surface area contributed by atoms with Gasteiger partial charge in [-0.3, -0.25) is 4.79 Å². The van der Waals surface area contributed by atoms with Crippen LogP contribution in [0.25, 0.3) is 11.0 Å². The largest absolute Gasteiger partial charge is 0.356 e. The monoisotopic (exact) mass is 453 g/mol. The molecule has 0 aliphatic rings. The maximum Gasteiger partial charge on any atom is 0.224 e. The third kappa shape index (κ3) is 5.93. The average Bonchev–Trinajstić information content (AvgIpc) is 3.17. The summed E-state index contributed by atoms with van der Waals surface area (Å²) < 4.78 is 2.38. The molecule has 0 aliphatic heterocycles. The van der Waals surface area contributed by atoms with Gasteiger partial charge in [0.2, 0.25) is 5.91 Å². The first-order chi connectivity index (χ1) is 16.5. The lowest BCUT2D eigenvalue weighted by molar-refractivity contribution is -0.120. The van der Waals surface area contributed by atoms with Gasteiger partial charge in [-0.05, 0) is 68.0 Å². The third-order valence-electron chi connectivity index (χ3n) is 6.58. The molecule has 0 saturated carbocycles. The molecule has 1 N–H and O–H groups in total. The Balaban J connectivity index is 1.31. The topological polar surface area (TPSA) is 46.9 Å². The van der Waals surface area contributed by atoms with E-state index < -0.39 is 0 Å². The normalized spacial score (nSPS) is 11.1. The van der Waals surface area contributed by atoms with Gasteiger partial charge in [0.25, 0.3) is 0 Å². The summed E-state index contributed by atoms with van der Waals surface area (Å²) >= 11 is 0. The second-order valence-electron chi connectivity index (χ2n) is 9.30. The number of aromatic nitrogens is 2. The molecule has 0 bridgehead atoms. The molecule has 176 valence electrons. The van der Waals surface area contributed by atoms with E-state index in [1.54, 1.807) is 0 Å². The minimum atomic E-state index is 0.101. The van der Waals surface area contributed by atoms with Crippen molar-refractivity contribution in [2.24, 2.45) is 0 Å². The number of benzene rings is 3. The molecule has 1 aromatic heterocycles. The number of nitrogens with one attached hydrogen (secondary N) is 1. The fourth-order valence-corrected chi connectivity index (χ4v) is 4.49. The van der Waals surface area contributed by atoms with Crippen LogP contribution in [-0.2, 0) is 24.2 Å². The number of para-hydroxylation sites is 2. The maximum atomic E-state index is 12.3. The summed E-state index contributed by atoms with van der Waals surface area (Å²) in [5, 5.41) is 3.07. The number of carbonyl (C=O) groups is 1. The zero-order chi connectivity index (χ0) is 23.9. The second-order valence-corrected chi connectivity index (χ2v) is 9.30. The Labute approximate surface area is 203 Å². The van der Waals surface area contributed by atoms with Gasteiger partial charge in [-0.25, -0.2) is 4.98 Å². The molecule has 0 fully saturated rings. The predicted octanol–water partition coefficient (Wildman–Crippen LogP) is 6.08. The summed E-state index contributed by atoms with van der Waals surface area (Å²) in [5.74, 6) is 1.25. The van der Waals surface area contributed by atoms with Crippen LogP contribution in [-0.4, -0.2) is 22.0 Å². The van der Waals surface area contributed by atoms with E-state index in [2.05, 4.69) is 79.2 Å². The zero-order valence-electron chi connectivity index (χ0n) is 20.6. The highest BCUT2D eigenvalue weighted by Crippen LogP contribution is 2.21. The van der Waals surface area contributed by atoms with Crippen LogP contribution in [0, 0.1) is 20.8 Å². The van der Waals surface area contributed by atoms with Crippen molar-refractivity contribution in [2.75, 3.05) is 6.54 Å². The van der Waals surface area contributed by atoms with E-state index in [1.807, 2.05) is 18.2 Å². The van der Waals surface area contributed by atoms with Crippen molar-refractivity contribution in [3.8, 4) is 0 Å². The molecule has 4 nitrogen and oxygen atoms in total. The number of hydrogen-bond acceptors (Lipinski definition) is 2. The van der Waals surface area contributed by atoms with Crippen molar-refractivity contribution in [1.29, 1.82) is 0 Å². The van der Waals surface area contributed by atoms with Crippen LogP contribution < -0.4 is 5.32 Å². The number of nitrogens with zero attached hydrogens (tertiary/aromatic N) is 2. The van der Waals surface area contributed by atoms with E-state index in [9.17, 15) is 4.79 Å². The SMILES string of the molecule is Cc1ccc(C)c(Cn2c(CCCCCNC(=O)Cc3ccccc3C)nc3ccccc32)c1. The van der Waals surface area contributed by atoms with Crippen LogP contribution in [0.5, 0.6) is 0 Å². The van der Waals surface area contributed by atoms with Crippen molar-refractivity contribution in [3.05, 3.63) is 100 Å². The Morgan fingerprint density at radius 3 is 2.47 bits per heavy atom. The Morgan fingerprint density at radius 1 is 0.853 bits per heavy atom. The number of rotatable bonds is 10. The molecule has 0 unspecified atom stereocenters. The third-order valence-corrected chi connectivity index (χ3v) is 6.58. The number of aryl methyl sites for hydroxylation is 4. The first-order valence-electron chi connectivity index (χ1n) is 12.3. The molecule has 0 radical (unpaired) electrons. The van der Waals surface area contributed by atoms with E-state index >= 15 is 0 Å². The summed E-state index contributed by atoms with van der Waals surface area (Å²) in [7, 11) is 0. The lowest BCUT2D eigenvalue weighted by atomic mass is 10.1. The number of fused-ring (bicyclic) bond motifs is 1. The van der Waals surface area contributed by atoms with Crippen molar-refractivity contribution in [3.63, 3.8) is 0 Å². The van der Waals surface area contributed by atoms with Gasteiger partial charge in [0, 0.05) is 19.5 Å². The Kier molecular flexibility index (Phi) is 7.79. The molecule has 4 aromatic rings. The smallest absolute Gasteiger partial charge is 0.224 e. The fraction of sp³-hybridized carbons (Fsp3) is 0.333. The number of amides is 1. The maximum absolute atomic E-state index is 12.3. The van der Waals surface area contributed by atoms with Crippen LogP contribution in [0.3, 0.4) is 0 Å². The molecule has 0 saturated heterocycles. The first-order valence-corrected chi connectivity index (χ1v) is 12.3. The molecule has 4 rings (SSSR count). The minimum absolute atomic E-state index is 0.101. The van der Waals surface area contributed by atoms with Crippen molar-refractivity contribution in [1.82, 2.24) is 14.9 Å². The summed E-state index contributed by atoms with van der Waals surface area (Å²) in [6.07, 6.45) is 4.50. The van der Waals surface area contributed by atoms with Gasteiger partial charge >= 0.3 is 0 Å². The van der Waals surface area contributed by atoms with Gasteiger partial charge in [0.05, 0.1) is 17.5 Å². The van der Waals surface area contributed by atoms with Gasteiger partial charge in [0.15, 0.2) is 0 Å². The summed E-state index contributed by atoms with van der Waals surface area (Å²) in [6.45, 7) is 7.95. The van der Waals surface area contributed by atoms with Crippen molar-refractivity contribution in [2.45, 2.75) is 59.4 Å². The van der Waals surface area contributed by atoms with Crippen LogP contribution in [0.1, 0.15) is 52.9 Å². The molecule has 34 heavy (non-hydrogen) atoms. The predicted molar refractivity (Wildman–Crippen MR) is 140 cm³/mol. The van der Waals surface area contributed by atoms with Crippen LogP contribution in [0.4, 0.5) is 0 Å². The second kappa shape index (κ2) is 11.1. The molecular weight excluding hydrogens is 418 g/mol. The minimum Gasteiger partial charge on any atom is -0.356 e. The zero-order valence-corrected chi connectivity index (χ0v) is 20.6. The van der Waals surface area contributed by atoms with E-state index in [0.29, 0.717) is 6.42 Å². The van der Waals surface area contributed by atoms with Gasteiger partial charge < -0.3 is 9.88 Å². The molecule has 0 atom stereocenters. The van der Waals surface area contributed by atoms with Gasteiger partial charge in [-0.1, -0.05) is 66.6 Å². The lowest BCUT2D eigenvalue weighted by Crippen LogP contribution is -2.26. The van der Waals surface area contributed by atoms with Gasteiger partial charge in [-0.2, -0.15) is 0 Å². The van der Waals surface area contributed by atoms with Crippen LogP contribution in [0.2, 0.25) is 0 Å². The van der Waals surface area contributed by atoms with Crippen LogP contribution in [0.15, 0.2) is 66.7 Å². The molecule has 3 aromatic carbocycles. The Morgan fingerprint density at radius 2 is 1.62 bits per heavy atom. The molecule has 4 heteroatoms. The molecular formula is C30H35N3O. The number of imidazole rings is 1. The molecule has 1 heterocycles. The molecule has 0 spiro atoms. The summed E-state index contributed by atoms with van der Waals surface area (Å²) in [5.41, 5.74) is 8.48. The van der Waals surface area contributed by atoms with E-state index in [1.165, 1.54) is 27.8 Å². The standard InChI is InChI=1S/C30H35N3O/c1-22-16-17-24(3)26(19-22)21-33-28-14-9-8-13-27(28)32-29(33)15-5-4-10-18-31-30(34)20-25-12-7-6-11-23(25)2/h6-9,11-14,16-17,19H,4-5,10,15,18,20-21H2,1-3H3,(H,31,34). The highest BCUT2D eigenvalue weighted by molar-refractivity contribution is 5.79.